The monoisotopic (exact) mass is 611 g/mol. The van der Waals surface area contributed by atoms with Crippen LogP contribution in [0.5, 0.6) is 10.9 Å². The molecule has 4 rings (SSSR count). The van der Waals surface area contributed by atoms with Gasteiger partial charge in [-0.05, 0) is 54.1 Å². The highest BCUT2D eigenvalue weighted by Gasteiger charge is 2.32. The lowest BCUT2D eigenvalue weighted by Crippen LogP contribution is -2.15. The first-order chi connectivity index (χ1) is 17.0. The van der Waals surface area contributed by atoms with Crippen LogP contribution in [0.2, 0.25) is 10.0 Å². The third-order valence-electron chi connectivity index (χ3n) is 4.78. The summed E-state index contributed by atoms with van der Waals surface area (Å²) in [7, 11) is -7.88. The maximum Gasteiger partial charge on any atom is 0.416 e. The lowest BCUT2D eigenvalue weighted by Gasteiger charge is -2.15. The van der Waals surface area contributed by atoms with Crippen LogP contribution in [-0.2, 0) is 26.2 Å². The molecule has 0 saturated carbocycles. The zero-order chi connectivity index (χ0) is 27.3. The average molecular weight is 612 g/mol. The number of benzene rings is 3. The van der Waals surface area contributed by atoms with Crippen LogP contribution < -0.4 is 14.6 Å². The average Bonchev–Trinajstić information content (AvgIpc) is 3.15. The predicted molar refractivity (Wildman–Crippen MR) is 136 cm³/mol. The lowest BCUT2D eigenvalue weighted by molar-refractivity contribution is -0.137. The molecule has 0 aliphatic carbocycles. The molecule has 0 aliphatic heterocycles. The van der Waals surface area contributed by atoms with E-state index >= 15 is 0 Å². The van der Waals surface area contributed by atoms with Gasteiger partial charge in [0.1, 0.15) is 0 Å². The van der Waals surface area contributed by atoms with E-state index in [2.05, 4.69) is 9.71 Å². The quantitative estimate of drug-likeness (QED) is 0.271. The van der Waals surface area contributed by atoms with Gasteiger partial charge in [0, 0.05) is 5.56 Å². The van der Waals surface area contributed by atoms with Gasteiger partial charge in [0.15, 0.2) is 5.75 Å². The van der Waals surface area contributed by atoms with Crippen LogP contribution in [0.3, 0.4) is 0 Å². The third kappa shape index (κ3) is 6.27. The summed E-state index contributed by atoms with van der Waals surface area (Å²) < 4.78 is 95.4. The zero-order valence-corrected chi connectivity index (χ0v) is 22.3. The van der Waals surface area contributed by atoms with E-state index < -0.39 is 36.7 Å². The van der Waals surface area contributed by atoms with Crippen molar-refractivity contribution in [2.24, 2.45) is 5.14 Å². The Morgan fingerprint density at radius 2 is 1.65 bits per heavy atom. The molecule has 16 heteroatoms. The minimum absolute atomic E-state index is 0.0433. The second-order valence-electron chi connectivity index (χ2n) is 7.66. The van der Waals surface area contributed by atoms with Gasteiger partial charge in [-0.2, -0.15) is 13.2 Å². The van der Waals surface area contributed by atoms with Gasteiger partial charge in [-0.1, -0.05) is 34.5 Å². The van der Waals surface area contributed by atoms with Crippen molar-refractivity contribution in [3.8, 4) is 22.1 Å². The summed E-state index contributed by atoms with van der Waals surface area (Å²) >= 11 is 13.7. The smallest absolute Gasteiger partial charge is 0.416 e. The van der Waals surface area contributed by atoms with Gasteiger partial charge in [0.25, 0.3) is 5.19 Å². The fourth-order valence-electron chi connectivity index (χ4n) is 3.30. The Balaban J connectivity index is 1.73. The Kier molecular flexibility index (Phi) is 7.11. The number of rotatable bonds is 6. The standard InChI is InChI=1S/C21H14Cl2F3N3O5S3/c1-36(30,31)29-12-3-4-16-17(9-12)35-20(28-16)34-19-14(22)6-10(7-15(19)23)13-8-11(21(24,25)26)2-5-18(13)37(27,32)33/h2-9,29H,1H3,(H2,27,32,33). The Morgan fingerprint density at radius 3 is 2.22 bits per heavy atom. The number of nitrogens with one attached hydrogen (secondary N) is 1. The van der Waals surface area contributed by atoms with Crippen LogP contribution in [0, 0.1) is 0 Å². The molecule has 0 amide bonds. The fourth-order valence-corrected chi connectivity index (χ4v) is 6.03. The maximum atomic E-state index is 13.3. The van der Waals surface area contributed by atoms with Crippen molar-refractivity contribution < 1.29 is 34.7 Å². The zero-order valence-electron chi connectivity index (χ0n) is 18.3. The molecule has 0 atom stereocenters. The van der Waals surface area contributed by atoms with Crippen LogP contribution in [0.1, 0.15) is 5.56 Å². The molecule has 8 nitrogen and oxygen atoms in total. The molecule has 1 heterocycles. The van der Waals surface area contributed by atoms with Crippen molar-refractivity contribution >= 4 is 70.5 Å². The molecule has 0 bridgehead atoms. The van der Waals surface area contributed by atoms with Gasteiger partial charge < -0.3 is 4.74 Å². The Labute approximate surface area is 222 Å². The molecule has 37 heavy (non-hydrogen) atoms. The van der Waals surface area contributed by atoms with Gasteiger partial charge in [0.2, 0.25) is 20.0 Å². The minimum Gasteiger partial charge on any atom is -0.428 e. The Hall–Kier alpha value is -2.62. The van der Waals surface area contributed by atoms with E-state index in [1.807, 2.05) is 0 Å². The van der Waals surface area contributed by atoms with Gasteiger partial charge in [0.05, 0.1) is 42.7 Å². The number of sulfonamides is 2. The number of aromatic nitrogens is 1. The first-order valence-corrected chi connectivity index (χ1v) is 14.8. The van der Waals surface area contributed by atoms with Crippen LogP contribution >= 0.6 is 34.5 Å². The molecule has 3 N–H and O–H groups in total. The fraction of sp³-hybridized carbons (Fsp3) is 0.0952. The van der Waals surface area contributed by atoms with Crippen LogP contribution in [0.4, 0.5) is 18.9 Å². The number of hydrogen-bond acceptors (Lipinski definition) is 7. The van der Waals surface area contributed by atoms with E-state index in [1.54, 1.807) is 12.1 Å². The predicted octanol–water partition coefficient (Wildman–Crippen LogP) is 6.10. The second kappa shape index (κ2) is 9.60. The molecule has 0 radical (unpaired) electrons. The number of nitrogens with zero attached hydrogens (tertiary/aromatic N) is 1. The number of hydrogen-bond donors (Lipinski definition) is 2. The number of thiazole rings is 1. The topological polar surface area (TPSA) is 128 Å². The Morgan fingerprint density at radius 1 is 1.00 bits per heavy atom. The molecule has 0 unspecified atom stereocenters. The highest BCUT2D eigenvalue weighted by Crippen LogP contribution is 2.43. The van der Waals surface area contributed by atoms with Gasteiger partial charge >= 0.3 is 6.18 Å². The minimum atomic E-state index is -4.74. The molecule has 0 aliphatic rings. The van der Waals surface area contributed by atoms with E-state index in [9.17, 15) is 30.0 Å². The van der Waals surface area contributed by atoms with E-state index in [0.717, 1.165) is 23.7 Å². The number of anilines is 1. The molecular formula is C21H14Cl2F3N3O5S3. The summed E-state index contributed by atoms with van der Waals surface area (Å²) in [4.78, 5) is 3.72. The molecule has 4 aromatic rings. The number of nitrogens with two attached hydrogens (primary N) is 1. The van der Waals surface area contributed by atoms with Crippen molar-refractivity contribution in [2.45, 2.75) is 11.1 Å². The highest BCUT2D eigenvalue weighted by molar-refractivity contribution is 7.92. The van der Waals surface area contributed by atoms with Crippen molar-refractivity contribution in [3.05, 3.63) is 64.1 Å². The molecule has 1 aromatic heterocycles. The molecule has 0 fully saturated rings. The summed E-state index contributed by atoms with van der Waals surface area (Å²) in [6.45, 7) is 0. The first kappa shape index (κ1) is 27.4. The number of fused-ring (bicyclic) bond motifs is 1. The molecule has 196 valence electrons. The van der Waals surface area contributed by atoms with Crippen LogP contribution in [0.25, 0.3) is 21.3 Å². The largest absolute Gasteiger partial charge is 0.428 e. The van der Waals surface area contributed by atoms with Crippen LogP contribution in [-0.4, -0.2) is 28.1 Å². The van der Waals surface area contributed by atoms with E-state index in [4.69, 9.17) is 33.1 Å². The lowest BCUT2D eigenvalue weighted by atomic mass is 10.0. The van der Waals surface area contributed by atoms with Crippen molar-refractivity contribution in [2.75, 3.05) is 11.0 Å². The number of ether oxygens (including phenoxy) is 1. The second-order valence-corrected chi connectivity index (χ2v) is 12.7. The summed E-state index contributed by atoms with van der Waals surface area (Å²) in [5.74, 6) is -0.0789. The van der Waals surface area contributed by atoms with Gasteiger partial charge in [-0.3, -0.25) is 4.72 Å². The third-order valence-corrected chi connectivity index (χ3v) is 7.82. The van der Waals surface area contributed by atoms with Gasteiger partial charge in [-0.25, -0.2) is 27.0 Å². The van der Waals surface area contributed by atoms with Gasteiger partial charge in [-0.15, -0.1) is 0 Å². The normalized spacial score (nSPS) is 12.6. The van der Waals surface area contributed by atoms with Crippen molar-refractivity contribution in [3.63, 3.8) is 0 Å². The number of halogens is 5. The number of primary sulfonamides is 1. The van der Waals surface area contributed by atoms with E-state index in [-0.39, 0.29) is 32.1 Å². The summed E-state index contributed by atoms with van der Waals surface area (Å²) in [5.41, 5.74) is -0.680. The molecular weight excluding hydrogens is 598 g/mol. The Bertz CT molecular complexity index is 1740. The molecule has 0 saturated heterocycles. The van der Waals surface area contributed by atoms with Crippen molar-refractivity contribution in [1.82, 2.24) is 4.98 Å². The van der Waals surface area contributed by atoms with E-state index in [1.165, 1.54) is 18.2 Å². The SMILES string of the molecule is CS(=O)(=O)Nc1ccc2nc(Oc3c(Cl)cc(-c4cc(C(F)(F)F)ccc4S(N)(=O)=O)cc3Cl)sc2c1. The summed E-state index contributed by atoms with van der Waals surface area (Å²) in [6, 6.07) is 9.01. The molecule has 3 aromatic carbocycles. The summed E-state index contributed by atoms with van der Waals surface area (Å²) in [6.07, 6.45) is -3.73. The van der Waals surface area contributed by atoms with Crippen LogP contribution in [0.15, 0.2) is 53.4 Å². The number of alkyl halides is 3. The first-order valence-electron chi connectivity index (χ1n) is 9.81. The van der Waals surface area contributed by atoms with E-state index in [0.29, 0.717) is 28.0 Å². The highest BCUT2D eigenvalue weighted by atomic mass is 35.5. The molecule has 0 spiro atoms. The maximum absolute atomic E-state index is 13.3. The summed E-state index contributed by atoms with van der Waals surface area (Å²) in [5, 5.41) is 5.01. The van der Waals surface area contributed by atoms with Crippen molar-refractivity contribution in [1.29, 1.82) is 0 Å².